The standard InChI is InChI=1S/C11H14FN/c12-10-4-2-1-3-9(10)11(5-6-11)7-8-13/h1-4H,5-8,13H2. The zero-order valence-electron chi connectivity index (χ0n) is 7.59. The predicted octanol–water partition coefficient (Wildman–Crippen LogP) is 2.21. The van der Waals surface area contributed by atoms with Crippen molar-refractivity contribution >= 4 is 0 Å². The van der Waals surface area contributed by atoms with Gasteiger partial charge in [0.25, 0.3) is 0 Å². The fourth-order valence-electron chi connectivity index (χ4n) is 1.97. The van der Waals surface area contributed by atoms with Crippen molar-refractivity contribution in [2.45, 2.75) is 24.7 Å². The molecule has 1 aromatic carbocycles. The number of benzene rings is 1. The summed E-state index contributed by atoms with van der Waals surface area (Å²) in [7, 11) is 0. The van der Waals surface area contributed by atoms with Gasteiger partial charge in [0.15, 0.2) is 0 Å². The van der Waals surface area contributed by atoms with E-state index >= 15 is 0 Å². The van der Waals surface area contributed by atoms with Crippen molar-refractivity contribution < 1.29 is 4.39 Å². The third-order valence-corrected chi connectivity index (χ3v) is 2.92. The number of nitrogens with two attached hydrogens (primary N) is 1. The van der Waals surface area contributed by atoms with Gasteiger partial charge in [-0.15, -0.1) is 0 Å². The largest absolute Gasteiger partial charge is 0.330 e. The van der Waals surface area contributed by atoms with E-state index in [1.165, 1.54) is 6.07 Å². The van der Waals surface area contributed by atoms with Crippen molar-refractivity contribution in [3.05, 3.63) is 35.6 Å². The van der Waals surface area contributed by atoms with Gasteiger partial charge in [-0.05, 0) is 42.9 Å². The maximum atomic E-state index is 13.4. The van der Waals surface area contributed by atoms with Gasteiger partial charge in [0, 0.05) is 0 Å². The lowest BCUT2D eigenvalue weighted by Gasteiger charge is -2.14. The molecule has 0 saturated heterocycles. The smallest absolute Gasteiger partial charge is 0.126 e. The van der Waals surface area contributed by atoms with Gasteiger partial charge in [0.1, 0.15) is 5.82 Å². The molecule has 1 aliphatic carbocycles. The molecule has 2 heteroatoms. The summed E-state index contributed by atoms with van der Waals surface area (Å²) in [5.41, 5.74) is 6.46. The zero-order chi connectivity index (χ0) is 9.31. The van der Waals surface area contributed by atoms with Gasteiger partial charge in [-0.1, -0.05) is 18.2 Å². The molecule has 0 radical (unpaired) electrons. The van der Waals surface area contributed by atoms with Crippen molar-refractivity contribution in [1.29, 1.82) is 0 Å². The van der Waals surface area contributed by atoms with Gasteiger partial charge in [-0.25, -0.2) is 4.39 Å². The number of halogens is 1. The van der Waals surface area contributed by atoms with E-state index in [0.717, 1.165) is 24.8 Å². The minimum absolute atomic E-state index is 0.0755. The Balaban J connectivity index is 2.30. The second-order valence-electron chi connectivity index (χ2n) is 3.80. The van der Waals surface area contributed by atoms with E-state index in [0.29, 0.717) is 6.54 Å². The fraction of sp³-hybridized carbons (Fsp3) is 0.455. The molecule has 0 unspecified atom stereocenters. The maximum Gasteiger partial charge on any atom is 0.126 e. The van der Waals surface area contributed by atoms with Crippen LogP contribution in [0.1, 0.15) is 24.8 Å². The molecule has 0 heterocycles. The highest BCUT2D eigenvalue weighted by molar-refractivity contribution is 5.32. The second kappa shape index (κ2) is 3.11. The summed E-state index contributed by atoms with van der Waals surface area (Å²) in [6.45, 7) is 0.647. The summed E-state index contributed by atoms with van der Waals surface area (Å²) >= 11 is 0. The molecule has 2 rings (SSSR count). The Bertz CT molecular complexity index is 305. The summed E-state index contributed by atoms with van der Waals surface area (Å²) < 4.78 is 13.4. The Morgan fingerprint density at radius 3 is 2.54 bits per heavy atom. The first-order valence-corrected chi connectivity index (χ1v) is 4.74. The van der Waals surface area contributed by atoms with Crippen molar-refractivity contribution in [2.24, 2.45) is 5.73 Å². The third kappa shape index (κ3) is 1.46. The summed E-state index contributed by atoms with van der Waals surface area (Å²) in [4.78, 5) is 0. The topological polar surface area (TPSA) is 26.0 Å². The normalized spacial score (nSPS) is 18.6. The summed E-state index contributed by atoms with van der Waals surface area (Å²) in [5, 5.41) is 0. The molecule has 70 valence electrons. The summed E-state index contributed by atoms with van der Waals surface area (Å²) in [5.74, 6) is -0.0755. The molecule has 2 N–H and O–H groups in total. The van der Waals surface area contributed by atoms with E-state index in [1.54, 1.807) is 6.07 Å². The first kappa shape index (κ1) is 8.70. The van der Waals surface area contributed by atoms with Crippen LogP contribution in [0.3, 0.4) is 0 Å². The molecule has 1 nitrogen and oxygen atoms in total. The van der Waals surface area contributed by atoms with Gasteiger partial charge in [-0.2, -0.15) is 0 Å². The minimum Gasteiger partial charge on any atom is -0.330 e. The average Bonchev–Trinajstić information content (AvgIpc) is 2.87. The number of hydrogen-bond donors (Lipinski definition) is 1. The van der Waals surface area contributed by atoms with Gasteiger partial charge >= 0.3 is 0 Å². The van der Waals surface area contributed by atoms with Crippen LogP contribution in [-0.4, -0.2) is 6.54 Å². The lowest BCUT2D eigenvalue weighted by Crippen LogP contribution is -2.14. The van der Waals surface area contributed by atoms with Gasteiger partial charge in [0.05, 0.1) is 0 Å². The summed E-state index contributed by atoms with van der Waals surface area (Å²) in [6.07, 6.45) is 3.09. The van der Waals surface area contributed by atoms with Crippen LogP contribution in [0, 0.1) is 5.82 Å². The van der Waals surface area contributed by atoms with Crippen LogP contribution < -0.4 is 5.73 Å². The molecule has 0 atom stereocenters. The van der Waals surface area contributed by atoms with Crippen LogP contribution in [0.2, 0.25) is 0 Å². The first-order valence-electron chi connectivity index (χ1n) is 4.74. The highest BCUT2D eigenvalue weighted by Crippen LogP contribution is 2.51. The van der Waals surface area contributed by atoms with Crippen LogP contribution in [0.5, 0.6) is 0 Å². The molecule has 0 spiro atoms. The lowest BCUT2D eigenvalue weighted by molar-refractivity contribution is 0.550. The zero-order valence-corrected chi connectivity index (χ0v) is 7.59. The Kier molecular flexibility index (Phi) is 2.08. The molecule has 0 amide bonds. The van der Waals surface area contributed by atoms with E-state index in [1.807, 2.05) is 12.1 Å². The van der Waals surface area contributed by atoms with Crippen LogP contribution in [0.15, 0.2) is 24.3 Å². The van der Waals surface area contributed by atoms with Crippen LogP contribution in [-0.2, 0) is 5.41 Å². The van der Waals surface area contributed by atoms with Crippen molar-refractivity contribution in [2.75, 3.05) is 6.54 Å². The van der Waals surface area contributed by atoms with E-state index in [9.17, 15) is 4.39 Å². The molecule has 0 aromatic heterocycles. The second-order valence-corrected chi connectivity index (χ2v) is 3.80. The Hall–Kier alpha value is -0.890. The first-order chi connectivity index (χ1) is 6.28. The van der Waals surface area contributed by atoms with Crippen LogP contribution in [0.4, 0.5) is 4.39 Å². The van der Waals surface area contributed by atoms with Gasteiger partial charge in [0.2, 0.25) is 0 Å². The van der Waals surface area contributed by atoms with E-state index < -0.39 is 0 Å². The van der Waals surface area contributed by atoms with Crippen molar-refractivity contribution in [3.8, 4) is 0 Å². The molecule has 1 aliphatic rings. The van der Waals surface area contributed by atoms with Crippen LogP contribution >= 0.6 is 0 Å². The number of hydrogen-bond acceptors (Lipinski definition) is 1. The highest BCUT2D eigenvalue weighted by Gasteiger charge is 2.44. The molecule has 1 saturated carbocycles. The average molecular weight is 179 g/mol. The fourth-order valence-corrected chi connectivity index (χ4v) is 1.97. The maximum absolute atomic E-state index is 13.4. The Labute approximate surface area is 77.8 Å². The molecular weight excluding hydrogens is 165 g/mol. The SMILES string of the molecule is NCCC1(c2ccccc2F)CC1. The Morgan fingerprint density at radius 2 is 2.00 bits per heavy atom. The molecular formula is C11H14FN. The third-order valence-electron chi connectivity index (χ3n) is 2.92. The Morgan fingerprint density at radius 1 is 1.31 bits per heavy atom. The molecule has 13 heavy (non-hydrogen) atoms. The van der Waals surface area contributed by atoms with Gasteiger partial charge < -0.3 is 5.73 Å². The monoisotopic (exact) mass is 179 g/mol. The number of rotatable bonds is 3. The van der Waals surface area contributed by atoms with Crippen LogP contribution in [0.25, 0.3) is 0 Å². The van der Waals surface area contributed by atoms with Crippen molar-refractivity contribution in [3.63, 3.8) is 0 Å². The molecule has 0 aliphatic heterocycles. The molecule has 1 aromatic rings. The van der Waals surface area contributed by atoms with E-state index in [-0.39, 0.29) is 11.2 Å². The summed E-state index contributed by atoms with van der Waals surface area (Å²) in [6, 6.07) is 7.05. The highest BCUT2D eigenvalue weighted by atomic mass is 19.1. The van der Waals surface area contributed by atoms with E-state index in [4.69, 9.17) is 5.73 Å². The molecule has 1 fully saturated rings. The van der Waals surface area contributed by atoms with Crippen molar-refractivity contribution in [1.82, 2.24) is 0 Å². The van der Waals surface area contributed by atoms with Gasteiger partial charge in [-0.3, -0.25) is 0 Å². The quantitative estimate of drug-likeness (QED) is 0.756. The van der Waals surface area contributed by atoms with E-state index in [2.05, 4.69) is 0 Å². The molecule has 0 bridgehead atoms. The lowest BCUT2D eigenvalue weighted by atomic mass is 9.92. The predicted molar refractivity (Wildman–Crippen MR) is 51.0 cm³/mol. The minimum atomic E-state index is -0.0755.